The van der Waals surface area contributed by atoms with E-state index in [9.17, 15) is 0 Å². The molecule has 4 N–H and O–H groups in total. The molecule has 0 spiro atoms. The summed E-state index contributed by atoms with van der Waals surface area (Å²) in [6.07, 6.45) is 0.740. The monoisotopic (exact) mass is 324 g/mol. The van der Waals surface area contributed by atoms with Gasteiger partial charge in [0.2, 0.25) is 5.76 Å². The molecule has 23 heavy (non-hydrogen) atoms. The number of nitrogens with one attached hydrogen (secondary N) is 2. The molecule has 3 heterocycles. The van der Waals surface area contributed by atoms with Gasteiger partial charge in [0.1, 0.15) is 6.61 Å². The largest absolute Gasteiger partial charge is 0.484 e. The molecule has 0 aliphatic carbocycles. The lowest BCUT2D eigenvalue weighted by Gasteiger charge is -2.41. The number of fused-ring (bicyclic) bond motifs is 1. The van der Waals surface area contributed by atoms with Crippen LogP contribution in [-0.2, 0) is 9.47 Å². The van der Waals surface area contributed by atoms with Crippen LogP contribution in [0.25, 0.3) is 0 Å². The van der Waals surface area contributed by atoms with Gasteiger partial charge in [-0.15, -0.1) is 0 Å². The van der Waals surface area contributed by atoms with Crippen LogP contribution in [0.2, 0.25) is 0 Å². The number of hydrogen-bond donors (Lipinski definition) is 3. The summed E-state index contributed by atoms with van der Waals surface area (Å²) >= 11 is 0. The maximum atomic E-state index is 6.20. The first kappa shape index (κ1) is 16.4. The Labute approximate surface area is 137 Å². The lowest BCUT2D eigenvalue weighted by Crippen LogP contribution is -2.56. The second-order valence-electron chi connectivity index (χ2n) is 6.38. The highest BCUT2D eigenvalue weighted by Crippen LogP contribution is 2.28. The van der Waals surface area contributed by atoms with Gasteiger partial charge >= 0.3 is 0 Å². The average molecular weight is 324 g/mol. The molecule has 8 heteroatoms. The van der Waals surface area contributed by atoms with Crippen molar-refractivity contribution in [3.05, 3.63) is 11.6 Å². The number of nitrogens with zero attached hydrogens (tertiary/aromatic N) is 3. The summed E-state index contributed by atoms with van der Waals surface area (Å²) in [5.41, 5.74) is 6.20. The van der Waals surface area contributed by atoms with E-state index in [1.165, 1.54) is 0 Å². The normalized spacial score (nSPS) is 32.2. The minimum atomic E-state index is -0.412. The number of amidine groups is 1. The molecule has 130 valence electrons. The predicted octanol–water partition coefficient (Wildman–Crippen LogP) is -0.941. The van der Waals surface area contributed by atoms with Crippen molar-refractivity contribution in [2.45, 2.75) is 37.8 Å². The van der Waals surface area contributed by atoms with Crippen LogP contribution < -0.4 is 16.4 Å². The lowest BCUT2D eigenvalue weighted by molar-refractivity contribution is 0.0432. The molecule has 2 saturated heterocycles. The first-order valence-corrected chi connectivity index (χ1v) is 8.20. The Morgan fingerprint density at radius 1 is 1.52 bits per heavy atom. The zero-order valence-electron chi connectivity index (χ0n) is 14.4. The van der Waals surface area contributed by atoms with Crippen molar-refractivity contribution in [3.8, 4) is 0 Å². The van der Waals surface area contributed by atoms with Gasteiger partial charge in [0.15, 0.2) is 17.9 Å². The van der Waals surface area contributed by atoms with Crippen molar-refractivity contribution in [2.24, 2.45) is 10.7 Å². The molecule has 0 aromatic heterocycles. The molecule has 3 rings (SSSR count). The van der Waals surface area contributed by atoms with Crippen LogP contribution in [0.3, 0.4) is 0 Å². The quantitative estimate of drug-likeness (QED) is 0.615. The van der Waals surface area contributed by atoms with Crippen molar-refractivity contribution in [1.29, 1.82) is 0 Å². The average Bonchev–Trinajstić information content (AvgIpc) is 3.03. The molecule has 0 radical (unpaired) electrons. The standard InChI is InChI=1S/C15H28N6O2/c1-9(22-4)11-8-23-12-13(18-11)19-15(16)20(3)14(12)21-6-5-10(7-21)17-2/h9-11,15,17H,5-8,16H2,1-4H3,(H,18,19)/t9-,10+,11-,15?/m0/s1. The van der Waals surface area contributed by atoms with Gasteiger partial charge in [-0.25, -0.2) is 4.99 Å². The Hall–Kier alpha value is -1.51. The summed E-state index contributed by atoms with van der Waals surface area (Å²) in [4.78, 5) is 8.85. The second kappa shape index (κ2) is 6.54. The van der Waals surface area contributed by atoms with Crippen molar-refractivity contribution in [3.63, 3.8) is 0 Å². The molecule has 0 amide bonds. The van der Waals surface area contributed by atoms with E-state index in [1.54, 1.807) is 7.11 Å². The topological polar surface area (TPSA) is 87.4 Å². The second-order valence-corrected chi connectivity index (χ2v) is 6.38. The molecule has 8 nitrogen and oxygen atoms in total. The van der Waals surface area contributed by atoms with E-state index in [4.69, 9.17) is 15.2 Å². The van der Waals surface area contributed by atoms with Gasteiger partial charge in [0.05, 0.1) is 12.1 Å². The molecular formula is C15H28N6O2. The SMILES string of the molecule is CN[C@@H]1CCN(C2=C3OC[C@@H]([C@H](C)OC)NC3=NC(N)N2C)C1. The van der Waals surface area contributed by atoms with Gasteiger partial charge < -0.3 is 29.9 Å². The summed E-state index contributed by atoms with van der Waals surface area (Å²) in [7, 11) is 5.67. The number of nitrogens with two attached hydrogens (primary N) is 1. The minimum Gasteiger partial charge on any atom is -0.484 e. The van der Waals surface area contributed by atoms with Crippen LogP contribution in [0, 0.1) is 0 Å². The van der Waals surface area contributed by atoms with Crippen LogP contribution >= 0.6 is 0 Å². The summed E-state index contributed by atoms with van der Waals surface area (Å²) < 4.78 is 11.5. The van der Waals surface area contributed by atoms with Crippen LogP contribution in [0.15, 0.2) is 16.6 Å². The smallest absolute Gasteiger partial charge is 0.202 e. The highest BCUT2D eigenvalue weighted by atomic mass is 16.5. The summed E-state index contributed by atoms with van der Waals surface area (Å²) in [6, 6.07) is 0.566. The molecule has 3 aliphatic heterocycles. The number of morpholine rings is 1. The van der Waals surface area contributed by atoms with E-state index in [0.717, 1.165) is 36.9 Å². The Balaban J connectivity index is 1.85. The van der Waals surface area contributed by atoms with Crippen molar-refractivity contribution in [2.75, 3.05) is 40.9 Å². The fourth-order valence-corrected chi connectivity index (χ4v) is 3.27. The van der Waals surface area contributed by atoms with Crippen molar-refractivity contribution >= 4 is 5.84 Å². The van der Waals surface area contributed by atoms with E-state index in [2.05, 4.69) is 20.5 Å². The fraction of sp³-hybridized carbons (Fsp3) is 0.800. The zero-order valence-corrected chi connectivity index (χ0v) is 14.4. The van der Waals surface area contributed by atoms with Crippen LogP contribution in [0.4, 0.5) is 0 Å². The van der Waals surface area contributed by atoms with Crippen molar-refractivity contribution < 1.29 is 9.47 Å². The van der Waals surface area contributed by atoms with Gasteiger partial charge in [-0.05, 0) is 20.4 Å². The summed E-state index contributed by atoms with van der Waals surface area (Å²) in [6.45, 7) is 4.50. The first-order chi connectivity index (χ1) is 11.0. The third-order valence-electron chi connectivity index (χ3n) is 4.97. The Kier molecular flexibility index (Phi) is 4.65. The number of aliphatic imine (C=N–C) groups is 1. The molecule has 0 aromatic rings. The molecule has 1 unspecified atom stereocenters. The lowest BCUT2D eigenvalue weighted by atomic mass is 10.1. The predicted molar refractivity (Wildman–Crippen MR) is 88.6 cm³/mol. The number of hydrogen-bond acceptors (Lipinski definition) is 8. The van der Waals surface area contributed by atoms with E-state index in [0.29, 0.717) is 12.6 Å². The Bertz CT molecular complexity index is 508. The van der Waals surface area contributed by atoms with E-state index < -0.39 is 6.29 Å². The van der Waals surface area contributed by atoms with E-state index >= 15 is 0 Å². The van der Waals surface area contributed by atoms with Crippen LogP contribution in [0.5, 0.6) is 0 Å². The van der Waals surface area contributed by atoms with Gasteiger partial charge in [-0.2, -0.15) is 0 Å². The number of likely N-dealkylation sites (N-methyl/N-ethyl adjacent to an activating group) is 1. The molecule has 4 atom stereocenters. The van der Waals surface area contributed by atoms with Gasteiger partial charge in [-0.1, -0.05) is 0 Å². The molecule has 0 bridgehead atoms. The fourth-order valence-electron chi connectivity index (χ4n) is 3.27. The maximum Gasteiger partial charge on any atom is 0.202 e. The number of likely N-dealkylation sites (tertiary alicyclic amines) is 1. The minimum absolute atomic E-state index is 0.0408. The summed E-state index contributed by atoms with van der Waals surface area (Å²) in [5, 5.41) is 6.77. The number of methoxy groups -OCH3 is 1. The highest BCUT2D eigenvalue weighted by molar-refractivity contribution is 5.98. The van der Waals surface area contributed by atoms with Gasteiger partial charge in [0, 0.05) is 33.3 Å². The van der Waals surface area contributed by atoms with Gasteiger partial charge in [-0.3, -0.25) is 5.73 Å². The Morgan fingerprint density at radius 3 is 2.96 bits per heavy atom. The molecule has 2 fully saturated rings. The molecular weight excluding hydrogens is 296 g/mol. The summed E-state index contributed by atoms with van der Waals surface area (Å²) in [5.74, 6) is 2.56. The molecule has 0 aromatic carbocycles. The first-order valence-electron chi connectivity index (χ1n) is 8.20. The Morgan fingerprint density at radius 2 is 2.30 bits per heavy atom. The highest BCUT2D eigenvalue weighted by Gasteiger charge is 2.38. The van der Waals surface area contributed by atoms with Gasteiger partial charge in [0.25, 0.3) is 0 Å². The third-order valence-corrected chi connectivity index (χ3v) is 4.97. The van der Waals surface area contributed by atoms with Crippen molar-refractivity contribution in [1.82, 2.24) is 20.4 Å². The van der Waals surface area contributed by atoms with Crippen LogP contribution in [-0.4, -0.2) is 81.0 Å². The van der Waals surface area contributed by atoms with E-state index in [1.807, 2.05) is 25.9 Å². The van der Waals surface area contributed by atoms with E-state index in [-0.39, 0.29) is 12.1 Å². The zero-order chi connectivity index (χ0) is 16.6. The number of rotatable bonds is 4. The van der Waals surface area contributed by atoms with Crippen LogP contribution in [0.1, 0.15) is 13.3 Å². The molecule has 3 aliphatic rings. The third kappa shape index (κ3) is 2.98. The maximum absolute atomic E-state index is 6.20. The number of ether oxygens (including phenoxy) is 2. The molecule has 0 saturated carbocycles.